The van der Waals surface area contributed by atoms with Crippen LogP contribution in [0.4, 0.5) is 0 Å². The number of nitrogens with zero attached hydrogens (tertiary/aromatic N) is 1. The van der Waals surface area contributed by atoms with Crippen molar-refractivity contribution in [3.63, 3.8) is 0 Å². The molecule has 86 valence electrons. The fourth-order valence-electron chi connectivity index (χ4n) is 1.32. The Hall–Kier alpha value is -1.71. The van der Waals surface area contributed by atoms with Gasteiger partial charge in [0.2, 0.25) is 5.78 Å². The van der Waals surface area contributed by atoms with E-state index in [4.69, 9.17) is 4.74 Å². The van der Waals surface area contributed by atoms with Crippen molar-refractivity contribution < 1.29 is 14.3 Å². The van der Waals surface area contributed by atoms with Crippen molar-refractivity contribution in [2.45, 2.75) is 26.2 Å². The van der Waals surface area contributed by atoms with Gasteiger partial charge in [0, 0.05) is 12.4 Å². The van der Waals surface area contributed by atoms with Gasteiger partial charge >= 0.3 is 5.97 Å². The van der Waals surface area contributed by atoms with Crippen molar-refractivity contribution >= 4 is 11.8 Å². The molecule has 0 fully saturated rings. The largest absolute Gasteiger partial charge is 0.460 e. The van der Waals surface area contributed by atoms with E-state index in [-0.39, 0.29) is 6.61 Å². The minimum Gasteiger partial charge on any atom is -0.460 e. The highest BCUT2D eigenvalue weighted by atomic mass is 16.5. The van der Waals surface area contributed by atoms with E-state index in [1.54, 1.807) is 45.3 Å². The summed E-state index contributed by atoms with van der Waals surface area (Å²) in [7, 11) is 0. The molecule has 0 unspecified atom stereocenters. The van der Waals surface area contributed by atoms with Gasteiger partial charge < -0.3 is 4.74 Å². The highest BCUT2D eigenvalue weighted by Crippen LogP contribution is 2.23. The van der Waals surface area contributed by atoms with Crippen LogP contribution >= 0.6 is 0 Å². The lowest BCUT2D eigenvalue weighted by Gasteiger charge is -2.21. The number of carbonyl (C=O) groups excluding carboxylic acids is 2. The quantitative estimate of drug-likeness (QED) is 0.571. The predicted octanol–water partition coefficient (Wildman–Crippen LogP) is 1.49. The monoisotopic (exact) mass is 221 g/mol. The first-order chi connectivity index (χ1) is 7.50. The second-order valence-corrected chi connectivity index (χ2v) is 3.92. The Morgan fingerprint density at radius 2 is 2.12 bits per heavy atom. The molecule has 0 aliphatic carbocycles. The molecule has 0 N–H and O–H groups in total. The molecule has 0 spiro atoms. The molecular weight excluding hydrogens is 206 g/mol. The highest BCUT2D eigenvalue weighted by Gasteiger charge is 2.35. The average molecular weight is 221 g/mol. The van der Waals surface area contributed by atoms with Gasteiger partial charge in [-0.15, -0.1) is 0 Å². The lowest BCUT2D eigenvalue weighted by atomic mass is 9.81. The van der Waals surface area contributed by atoms with E-state index in [1.165, 1.54) is 0 Å². The number of ether oxygens (including phenoxy) is 1. The first-order valence-electron chi connectivity index (χ1n) is 5.12. The van der Waals surface area contributed by atoms with Gasteiger partial charge in [-0.2, -0.15) is 0 Å². The van der Waals surface area contributed by atoms with Crippen LogP contribution in [0.3, 0.4) is 0 Å². The topological polar surface area (TPSA) is 56.3 Å². The van der Waals surface area contributed by atoms with Crippen molar-refractivity contribution in [2.75, 3.05) is 6.61 Å². The molecule has 16 heavy (non-hydrogen) atoms. The minimum absolute atomic E-state index is 0.202. The zero-order chi connectivity index (χ0) is 12.2. The second-order valence-electron chi connectivity index (χ2n) is 3.92. The Labute approximate surface area is 94.6 Å². The number of hydrogen-bond donors (Lipinski definition) is 0. The Bertz CT molecular complexity index is 385. The van der Waals surface area contributed by atoms with Crippen LogP contribution in [0, 0.1) is 0 Å². The minimum atomic E-state index is -0.902. The summed E-state index contributed by atoms with van der Waals surface area (Å²) in [5.41, 5.74) is -0.200. The summed E-state index contributed by atoms with van der Waals surface area (Å²) in [6.07, 6.45) is 3.20. The Morgan fingerprint density at radius 1 is 1.44 bits per heavy atom. The smallest absolute Gasteiger partial charge is 0.375 e. The maximum absolute atomic E-state index is 11.9. The van der Waals surface area contributed by atoms with Crippen LogP contribution in [-0.2, 0) is 19.7 Å². The molecule has 0 radical (unpaired) electrons. The SMILES string of the molecule is CCOC(=O)C(=O)C(C)(C)c1cccnc1. The number of esters is 1. The lowest BCUT2D eigenvalue weighted by Crippen LogP contribution is -2.36. The van der Waals surface area contributed by atoms with Gasteiger partial charge in [0.1, 0.15) is 0 Å². The summed E-state index contributed by atoms with van der Waals surface area (Å²) >= 11 is 0. The third-order valence-corrected chi connectivity index (χ3v) is 2.41. The van der Waals surface area contributed by atoms with Crippen LogP contribution in [0.15, 0.2) is 24.5 Å². The van der Waals surface area contributed by atoms with Gasteiger partial charge in [-0.25, -0.2) is 4.79 Å². The van der Waals surface area contributed by atoms with Gasteiger partial charge in [0.15, 0.2) is 0 Å². The summed E-state index contributed by atoms with van der Waals surface area (Å²) in [4.78, 5) is 27.2. The molecular formula is C12H15NO3. The molecule has 0 saturated heterocycles. The Balaban J connectivity index is 2.94. The standard InChI is InChI=1S/C12H15NO3/c1-4-16-11(15)10(14)12(2,3)9-6-5-7-13-8-9/h5-8H,4H2,1-3H3. The lowest BCUT2D eigenvalue weighted by molar-refractivity contribution is -0.155. The maximum Gasteiger partial charge on any atom is 0.375 e. The number of rotatable bonds is 4. The van der Waals surface area contributed by atoms with E-state index in [2.05, 4.69) is 4.98 Å². The fourth-order valence-corrected chi connectivity index (χ4v) is 1.32. The summed E-state index contributed by atoms with van der Waals surface area (Å²) in [5.74, 6) is -1.35. The van der Waals surface area contributed by atoms with Crippen LogP contribution in [0.25, 0.3) is 0 Å². The van der Waals surface area contributed by atoms with Crippen LogP contribution in [-0.4, -0.2) is 23.3 Å². The van der Waals surface area contributed by atoms with E-state index in [9.17, 15) is 9.59 Å². The molecule has 0 aliphatic rings. The van der Waals surface area contributed by atoms with E-state index >= 15 is 0 Å². The summed E-state index contributed by atoms with van der Waals surface area (Å²) in [5, 5.41) is 0. The number of hydrogen-bond acceptors (Lipinski definition) is 4. The molecule has 4 heteroatoms. The molecule has 4 nitrogen and oxygen atoms in total. The predicted molar refractivity (Wildman–Crippen MR) is 58.9 cm³/mol. The van der Waals surface area contributed by atoms with Crippen molar-refractivity contribution in [2.24, 2.45) is 0 Å². The number of carbonyl (C=O) groups is 2. The van der Waals surface area contributed by atoms with Gasteiger partial charge in [0.25, 0.3) is 0 Å². The Kier molecular flexibility index (Phi) is 3.77. The molecule has 0 saturated carbocycles. The van der Waals surface area contributed by atoms with Crippen molar-refractivity contribution in [3.8, 4) is 0 Å². The van der Waals surface area contributed by atoms with E-state index in [1.807, 2.05) is 0 Å². The van der Waals surface area contributed by atoms with Crippen LogP contribution in [0.2, 0.25) is 0 Å². The number of aromatic nitrogens is 1. The number of Topliss-reactive ketones (excluding diaryl/α,β-unsaturated/α-hetero) is 1. The molecule has 1 aromatic rings. The van der Waals surface area contributed by atoms with E-state index in [0.29, 0.717) is 5.56 Å². The second kappa shape index (κ2) is 4.88. The molecule has 1 aromatic heterocycles. The summed E-state index contributed by atoms with van der Waals surface area (Å²) in [6, 6.07) is 3.50. The van der Waals surface area contributed by atoms with Gasteiger partial charge in [-0.05, 0) is 32.4 Å². The van der Waals surface area contributed by atoms with Crippen molar-refractivity contribution in [3.05, 3.63) is 30.1 Å². The molecule has 0 aliphatic heterocycles. The fraction of sp³-hybridized carbons (Fsp3) is 0.417. The van der Waals surface area contributed by atoms with Crippen molar-refractivity contribution in [1.82, 2.24) is 4.98 Å². The molecule has 0 amide bonds. The highest BCUT2D eigenvalue weighted by molar-refractivity contribution is 6.37. The van der Waals surface area contributed by atoms with Gasteiger partial charge in [-0.3, -0.25) is 9.78 Å². The first kappa shape index (κ1) is 12.4. The third kappa shape index (κ3) is 2.45. The molecule has 0 atom stereocenters. The van der Waals surface area contributed by atoms with Gasteiger partial charge in [0.05, 0.1) is 12.0 Å². The van der Waals surface area contributed by atoms with E-state index in [0.717, 1.165) is 0 Å². The zero-order valence-corrected chi connectivity index (χ0v) is 9.69. The maximum atomic E-state index is 11.9. The third-order valence-electron chi connectivity index (χ3n) is 2.41. The first-order valence-corrected chi connectivity index (χ1v) is 5.12. The zero-order valence-electron chi connectivity index (χ0n) is 9.69. The van der Waals surface area contributed by atoms with Crippen LogP contribution in [0.1, 0.15) is 26.3 Å². The number of pyridine rings is 1. The van der Waals surface area contributed by atoms with Gasteiger partial charge in [-0.1, -0.05) is 6.07 Å². The normalized spacial score (nSPS) is 10.9. The molecule has 0 bridgehead atoms. The van der Waals surface area contributed by atoms with E-state index < -0.39 is 17.2 Å². The molecule has 0 aromatic carbocycles. The van der Waals surface area contributed by atoms with Crippen molar-refractivity contribution in [1.29, 1.82) is 0 Å². The molecule has 1 heterocycles. The van der Waals surface area contributed by atoms with Crippen LogP contribution < -0.4 is 0 Å². The number of ketones is 1. The van der Waals surface area contributed by atoms with Crippen LogP contribution in [0.5, 0.6) is 0 Å². The summed E-state index contributed by atoms with van der Waals surface area (Å²) < 4.78 is 4.70. The molecule has 1 rings (SSSR count). The average Bonchev–Trinajstić information content (AvgIpc) is 2.29. The Morgan fingerprint density at radius 3 is 2.62 bits per heavy atom. The summed E-state index contributed by atoms with van der Waals surface area (Å²) in [6.45, 7) is 5.24.